The van der Waals surface area contributed by atoms with Crippen molar-refractivity contribution in [2.45, 2.75) is 41.6 Å². The van der Waals surface area contributed by atoms with Crippen LogP contribution in [0.15, 0.2) is 52.5 Å². The minimum atomic E-state index is -3.80. The molecule has 1 aliphatic rings. The lowest BCUT2D eigenvalue weighted by Gasteiger charge is -2.34. The molecule has 0 radical (unpaired) electrons. The zero-order chi connectivity index (χ0) is 21.1. The van der Waals surface area contributed by atoms with E-state index < -0.39 is 15.4 Å². The molecule has 0 bridgehead atoms. The van der Waals surface area contributed by atoms with Crippen molar-refractivity contribution >= 4 is 54.8 Å². The zero-order valence-corrected chi connectivity index (χ0v) is 19.8. The van der Waals surface area contributed by atoms with E-state index in [0.29, 0.717) is 33.9 Å². The lowest BCUT2D eigenvalue weighted by Crippen LogP contribution is -2.33. The van der Waals surface area contributed by atoms with Gasteiger partial charge in [0.1, 0.15) is 16.3 Å². The number of aromatic nitrogens is 3. The topological polar surface area (TPSA) is 95.9 Å². The molecule has 6 nitrogen and oxygen atoms in total. The summed E-state index contributed by atoms with van der Waals surface area (Å²) in [4.78, 5) is 13.1. The van der Waals surface area contributed by atoms with E-state index in [1.807, 2.05) is 13.0 Å². The number of nitrogens with zero attached hydrogens (tertiary/aromatic N) is 2. The predicted molar refractivity (Wildman–Crippen MR) is 124 cm³/mol. The smallest absolute Gasteiger partial charge is 0.208 e. The molecule has 1 fully saturated rings. The van der Waals surface area contributed by atoms with Crippen LogP contribution in [0.4, 0.5) is 0 Å². The Labute approximate surface area is 191 Å². The summed E-state index contributed by atoms with van der Waals surface area (Å²) >= 11 is 3.50. The molecule has 4 aromatic rings. The first kappa shape index (κ1) is 20.1. The highest BCUT2D eigenvalue weighted by Gasteiger charge is 2.39. The summed E-state index contributed by atoms with van der Waals surface area (Å²) in [6.07, 6.45) is 5.41. The molecule has 3 aromatic heterocycles. The fourth-order valence-electron chi connectivity index (χ4n) is 3.66. The minimum absolute atomic E-state index is 0.144. The van der Waals surface area contributed by atoms with E-state index in [2.05, 4.69) is 37.5 Å². The van der Waals surface area contributed by atoms with Gasteiger partial charge in [0.15, 0.2) is 0 Å². The number of benzene rings is 1. The van der Waals surface area contributed by atoms with Crippen LogP contribution in [0.5, 0.6) is 0 Å². The molecule has 9 heteroatoms. The van der Waals surface area contributed by atoms with Gasteiger partial charge in [0.2, 0.25) is 9.84 Å². The van der Waals surface area contributed by atoms with E-state index in [-0.39, 0.29) is 9.79 Å². The molecule has 0 spiro atoms. The van der Waals surface area contributed by atoms with Gasteiger partial charge in [0.05, 0.1) is 18.4 Å². The molecule has 1 aliphatic carbocycles. The molecule has 0 amide bonds. The first-order valence-electron chi connectivity index (χ1n) is 9.46. The Kier molecular flexibility index (Phi) is 4.77. The highest BCUT2D eigenvalue weighted by Crippen LogP contribution is 2.46. The van der Waals surface area contributed by atoms with Crippen LogP contribution >= 0.6 is 33.9 Å². The van der Waals surface area contributed by atoms with Gasteiger partial charge < -0.3 is 10.1 Å². The van der Waals surface area contributed by atoms with Crippen LogP contribution in [-0.2, 0) is 15.4 Å². The number of rotatable bonds is 4. The van der Waals surface area contributed by atoms with Crippen LogP contribution in [-0.4, -0.2) is 28.5 Å². The maximum Gasteiger partial charge on any atom is 0.208 e. The number of fused-ring (bicyclic) bond motifs is 1. The van der Waals surface area contributed by atoms with Crippen molar-refractivity contribution in [2.24, 2.45) is 0 Å². The number of thiazole rings is 1. The fourth-order valence-corrected chi connectivity index (χ4v) is 6.85. The average Bonchev–Trinajstić information content (AvgIpc) is 3.31. The third-order valence-electron chi connectivity index (χ3n) is 5.54. The SMILES string of the molecule is Cc1ccc(S(=O)(=O)c2cnc3[nH]c(I)cc3c2-c2cnc(C3(O)CCC3)s2)cc1. The first-order valence-corrected chi connectivity index (χ1v) is 12.8. The van der Waals surface area contributed by atoms with E-state index in [0.717, 1.165) is 21.1 Å². The largest absolute Gasteiger partial charge is 0.383 e. The second-order valence-electron chi connectivity index (χ2n) is 7.61. The highest BCUT2D eigenvalue weighted by molar-refractivity contribution is 14.1. The fraction of sp³-hybridized carbons (Fsp3) is 0.238. The third-order valence-corrected chi connectivity index (χ3v) is 9.11. The average molecular weight is 551 g/mol. The van der Waals surface area contributed by atoms with Crippen molar-refractivity contribution < 1.29 is 13.5 Å². The molecule has 1 aromatic carbocycles. The van der Waals surface area contributed by atoms with Crippen LogP contribution in [0.25, 0.3) is 21.5 Å². The first-order chi connectivity index (χ1) is 14.3. The van der Waals surface area contributed by atoms with Crippen LogP contribution in [0.2, 0.25) is 0 Å². The molecule has 0 unspecified atom stereocenters. The van der Waals surface area contributed by atoms with Crippen molar-refractivity contribution in [3.05, 3.63) is 57.0 Å². The molecule has 0 atom stereocenters. The number of sulfone groups is 1. The van der Waals surface area contributed by atoms with E-state index in [1.54, 1.807) is 30.5 Å². The van der Waals surface area contributed by atoms with Gasteiger partial charge in [0, 0.05) is 23.3 Å². The van der Waals surface area contributed by atoms with Crippen molar-refractivity contribution in [1.82, 2.24) is 15.0 Å². The van der Waals surface area contributed by atoms with Crippen molar-refractivity contribution in [1.29, 1.82) is 0 Å². The number of aromatic amines is 1. The van der Waals surface area contributed by atoms with Crippen molar-refractivity contribution in [3.63, 3.8) is 0 Å². The molecule has 0 aliphatic heterocycles. The molecule has 154 valence electrons. The summed E-state index contributed by atoms with van der Waals surface area (Å²) < 4.78 is 28.0. The van der Waals surface area contributed by atoms with Gasteiger partial charge in [-0.25, -0.2) is 18.4 Å². The van der Waals surface area contributed by atoms with Gasteiger partial charge >= 0.3 is 0 Å². The highest BCUT2D eigenvalue weighted by atomic mass is 127. The quantitative estimate of drug-likeness (QED) is 0.355. The number of halogens is 1. The number of aliphatic hydroxyl groups is 1. The molecular formula is C21H18IN3O3S2. The molecule has 2 N–H and O–H groups in total. The lowest BCUT2D eigenvalue weighted by molar-refractivity contribution is -0.0389. The van der Waals surface area contributed by atoms with E-state index >= 15 is 0 Å². The van der Waals surface area contributed by atoms with E-state index in [9.17, 15) is 13.5 Å². The summed E-state index contributed by atoms with van der Waals surface area (Å²) in [5.41, 5.74) is 1.29. The molecule has 3 heterocycles. The molecule has 0 saturated heterocycles. The molecule has 5 rings (SSSR count). The maximum absolute atomic E-state index is 13.5. The summed E-state index contributed by atoms with van der Waals surface area (Å²) in [7, 11) is -3.80. The molecular weight excluding hydrogens is 533 g/mol. The van der Waals surface area contributed by atoms with Crippen LogP contribution in [0.1, 0.15) is 29.8 Å². The number of pyridine rings is 1. The molecule has 1 saturated carbocycles. The van der Waals surface area contributed by atoms with E-state index in [1.165, 1.54) is 17.5 Å². The van der Waals surface area contributed by atoms with Crippen molar-refractivity contribution in [2.75, 3.05) is 0 Å². The second-order valence-corrected chi connectivity index (χ2v) is 11.7. The van der Waals surface area contributed by atoms with E-state index in [4.69, 9.17) is 0 Å². The summed E-state index contributed by atoms with van der Waals surface area (Å²) in [5, 5.41) is 12.1. The molecule has 30 heavy (non-hydrogen) atoms. The monoisotopic (exact) mass is 551 g/mol. The Morgan fingerprint density at radius 2 is 1.90 bits per heavy atom. The Balaban J connectivity index is 1.75. The summed E-state index contributed by atoms with van der Waals surface area (Å²) in [6, 6.07) is 8.70. The number of aryl methyl sites for hydroxylation is 1. The van der Waals surface area contributed by atoms with Gasteiger partial charge in [-0.1, -0.05) is 17.7 Å². The number of H-pyrrole nitrogens is 1. The zero-order valence-electron chi connectivity index (χ0n) is 16.0. The van der Waals surface area contributed by atoms with Crippen LogP contribution in [0, 0.1) is 10.6 Å². The normalized spacial score (nSPS) is 16.0. The Hall–Kier alpha value is -1.82. The Morgan fingerprint density at radius 3 is 2.57 bits per heavy atom. The maximum atomic E-state index is 13.5. The number of nitrogens with one attached hydrogen (secondary N) is 1. The van der Waals surface area contributed by atoms with Gasteiger partial charge in [-0.2, -0.15) is 0 Å². The van der Waals surface area contributed by atoms with Gasteiger partial charge in [-0.05, 0) is 67.0 Å². The lowest BCUT2D eigenvalue weighted by atomic mass is 9.81. The van der Waals surface area contributed by atoms with Gasteiger partial charge in [0.25, 0.3) is 0 Å². The second kappa shape index (κ2) is 7.11. The minimum Gasteiger partial charge on any atom is -0.383 e. The van der Waals surface area contributed by atoms with Gasteiger partial charge in [-0.3, -0.25) is 0 Å². The Bertz CT molecular complexity index is 1370. The van der Waals surface area contributed by atoms with Crippen LogP contribution in [0.3, 0.4) is 0 Å². The van der Waals surface area contributed by atoms with Crippen LogP contribution < -0.4 is 0 Å². The summed E-state index contributed by atoms with van der Waals surface area (Å²) in [6.45, 7) is 1.92. The van der Waals surface area contributed by atoms with Gasteiger partial charge in [-0.15, -0.1) is 11.3 Å². The number of hydrogen-bond donors (Lipinski definition) is 2. The summed E-state index contributed by atoms with van der Waals surface area (Å²) in [5.74, 6) is 0. The standard InChI is InChI=1S/C21H18IN3O3S2/c1-12-3-5-13(6-4-12)30(27,28)16-11-23-19-14(9-17(22)25-19)18(16)15-10-24-20(29-15)21(26)7-2-8-21/h3-6,9-11,26H,2,7-8H2,1H3,(H,23,25). The number of hydrogen-bond acceptors (Lipinski definition) is 6. The third kappa shape index (κ3) is 3.19. The van der Waals surface area contributed by atoms with Crippen molar-refractivity contribution in [3.8, 4) is 10.4 Å². The predicted octanol–water partition coefficient (Wildman–Crippen LogP) is 4.80. The Morgan fingerprint density at radius 1 is 1.17 bits per heavy atom.